The molecule has 0 radical (unpaired) electrons. The number of hydrogen-bond acceptors (Lipinski definition) is 22. The minimum Gasteiger partial charge on any atom is -0.506 e. The van der Waals surface area contributed by atoms with Gasteiger partial charge < -0.3 is 107 Å². The van der Waals surface area contributed by atoms with Gasteiger partial charge in [0.25, 0.3) is 70.9 Å². The highest BCUT2D eigenvalue weighted by atomic mass is 16.3. The van der Waals surface area contributed by atoms with Gasteiger partial charge in [-0.2, -0.15) is 0 Å². The van der Waals surface area contributed by atoms with E-state index in [0.29, 0.717) is 25.7 Å². The maximum atomic E-state index is 14.0. The molecule has 0 saturated carbocycles. The molecule has 0 fully saturated rings. The highest BCUT2D eigenvalue weighted by Crippen LogP contribution is 2.29. The summed E-state index contributed by atoms with van der Waals surface area (Å²) < 4.78 is 0. The number of aromatic hydroxyl groups is 4. The van der Waals surface area contributed by atoms with Crippen molar-refractivity contribution in [2.45, 2.75) is 33.1 Å². The van der Waals surface area contributed by atoms with Gasteiger partial charge in [-0.3, -0.25) is 67.3 Å². The minimum atomic E-state index is -0.914. The quantitative estimate of drug-likeness (QED) is 0.0193. The van der Waals surface area contributed by atoms with Crippen molar-refractivity contribution in [3.63, 3.8) is 0 Å². The fraction of sp³-hybridized carbons (Fsp3) is 0.429. The summed E-state index contributed by atoms with van der Waals surface area (Å²) in [5, 5.41) is 75.6. The Labute approximate surface area is 560 Å². The van der Waals surface area contributed by atoms with Crippen molar-refractivity contribution in [2.24, 2.45) is 22.9 Å². The van der Waals surface area contributed by atoms with Crippen LogP contribution in [0.25, 0.3) is 0 Å². The summed E-state index contributed by atoms with van der Waals surface area (Å²) in [5.74, 6) is -12.5. The first-order chi connectivity index (χ1) is 45.9. The van der Waals surface area contributed by atoms with Crippen molar-refractivity contribution in [3.05, 3.63) is 115 Å². The van der Waals surface area contributed by atoms with Gasteiger partial charge in [-0.15, -0.1) is 0 Å². The number of nitrogens with zero attached hydrogens (tertiary/aromatic N) is 2. The minimum absolute atomic E-state index is 0. The van der Waals surface area contributed by atoms with Gasteiger partial charge in [-0.1, -0.05) is 7.43 Å². The van der Waals surface area contributed by atoms with E-state index >= 15 is 0 Å². The standard InChI is InChI=1S/C62H88N18O16.CH4/c1-67-55(89)39-27-35(51(85)71-13-5-9-63)31-43(47(39)81)59(93)75-17-21-79(22-18-76-60(94)44-32-36(52(86)72-14-6-10-64)28-40(48(44)82)56(90)68-2)25-26-80(23-19-77-61(95)45-33-37(53(87)73-15-7-11-65)29-41(49(45)83)57(91)69-3)24-20-78-62(96)46-34-38(54(88)74-16-8-12-66)30-42(50(46)84)58(92)70-4;/h27-34,81-84H,5-26,63-66H2,1-4H3,(H,67,89)(H,68,90)(H,69,91)(H,70,92)(H,71,85)(H,72,86)(H,73,87)(H,74,88)(H,75,93)(H,76,94)(H,77,95)(H,78,96);1H4. The molecule has 0 atom stereocenters. The van der Waals surface area contributed by atoms with Crippen molar-refractivity contribution >= 4 is 70.9 Å². The molecule has 24 N–H and O–H groups in total. The van der Waals surface area contributed by atoms with E-state index in [-0.39, 0.29) is 170 Å². The van der Waals surface area contributed by atoms with Crippen LogP contribution in [-0.4, -0.2) is 247 Å². The fourth-order valence-electron chi connectivity index (χ4n) is 9.25. The van der Waals surface area contributed by atoms with Gasteiger partial charge >= 0.3 is 0 Å². The first-order valence-corrected chi connectivity index (χ1v) is 30.8. The second kappa shape index (κ2) is 41.3. The van der Waals surface area contributed by atoms with Gasteiger partial charge in [-0.05, 0) is 100 Å². The highest BCUT2D eigenvalue weighted by Gasteiger charge is 2.28. The van der Waals surface area contributed by atoms with Gasteiger partial charge in [0, 0.05) is 142 Å². The van der Waals surface area contributed by atoms with Crippen LogP contribution in [0.1, 0.15) is 157 Å². The Balaban J connectivity index is 0.0000245. The Morgan fingerprint density at radius 2 is 0.443 bits per heavy atom. The lowest BCUT2D eigenvalue weighted by atomic mass is 10.0. The van der Waals surface area contributed by atoms with E-state index in [1.54, 1.807) is 9.80 Å². The van der Waals surface area contributed by atoms with E-state index in [2.05, 4.69) is 63.8 Å². The van der Waals surface area contributed by atoms with E-state index in [4.69, 9.17) is 22.9 Å². The van der Waals surface area contributed by atoms with Crippen LogP contribution in [0.4, 0.5) is 0 Å². The van der Waals surface area contributed by atoms with E-state index in [9.17, 15) is 78.0 Å². The SMILES string of the molecule is C.CNC(=O)c1cc(C(=O)NCCCN)cc(C(=O)NCCN(CCNC(=O)c2cc(C(=O)NCCCN)cc(C(=O)NC)c2O)CCN(CCNC(=O)c2cc(C(=O)NCCCN)cc(C(=O)NC)c2O)CCNC(=O)c2cc(C(=O)NCCCN)cc(C(=O)NC)c2O)c1O. The molecule has 0 aliphatic heterocycles. The molecule has 0 aromatic heterocycles. The number of benzene rings is 4. The molecule has 12 amide bonds. The molecule has 0 aliphatic rings. The molecule has 0 heterocycles. The normalized spacial score (nSPS) is 10.7. The molecule has 0 bridgehead atoms. The van der Waals surface area contributed by atoms with Crippen molar-refractivity contribution in [1.82, 2.24) is 73.6 Å². The average Bonchev–Trinajstić information content (AvgIpc) is 0.836. The summed E-state index contributed by atoms with van der Waals surface area (Å²) in [6.07, 6.45) is 1.65. The van der Waals surface area contributed by atoms with Gasteiger partial charge in [-0.25, -0.2) is 0 Å². The first-order valence-electron chi connectivity index (χ1n) is 30.8. The van der Waals surface area contributed by atoms with Crippen molar-refractivity contribution in [2.75, 3.05) is 146 Å². The maximum absolute atomic E-state index is 14.0. The lowest BCUT2D eigenvalue weighted by Crippen LogP contribution is -2.46. The van der Waals surface area contributed by atoms with Crippen LogP contribution in [-0.2, 0) is 0 Å². The number of carbonyl (C=O) groups excluding carboxylic acids is 12. The lowest BCUT2D eigenvalue weighted by Gasteiger charge is -2.28. The zero-order valence-electron chi connectivity index (χ0n) is 54.1. The molecular weight excluding hydrogens is 1260 g/mol. The van der Waals surface area contributed by atoms with Crippen LogP contribution in [0.2, 0.25) is 0 Å². The number of nitrogens with one attached hydrogen (secondary N) is 12. The van der Waals surface area contributed by atoms with E-state index in [1.807, 2.05) is 0 Å². The highest BCUT2D eigenvalue weighted by molar-refractivity contribution is 6.11. The predicted octanol–water partition coefficient (Wildman–Crippen LogP) is -3.48. The molecule has 530 valence electrons. The molecule has 34 heteroatoms. The monoisotopic (exact) mass is 1360 g/mol. The topological polar surface area (TPSA) is 541 Å². The van der Waals surface area contributed by atoms with Gasteiger partial charge in [0.15, 0.2) is 0 Å². The number of phenolic OH excluding ortho intramolecular Hbond substituents is 4. The van der Waals surface area contributed by atoms with E-state index < -0.39 is 116 Å². The Bertz CT molecular complexity index is 3040. The lowest BCUT2D eigenvalue weighted by molar-refractivity contribution is 0.0913. The molecular formula is C63H92N18O16. The van der Waals surface area contributed by atoms with E-state index in [0.717, 1.165) is 48.5 Å². The molecule has 0 aliphatic carbocycles. The van der Waals surface area contributed by atoms with Crippen LogP contribution >= 0.6 is 0 Å². The number of nitrogens with two attached hydrogens (primary N) is 4. The second-order valence-corrected chi connectivity index (χ2v) is 21.3. The molecule has 0 saturated heterocycles. The van der Waals surface area contributed by atoms with Crippen molar-refractivity contribution in [1.29, 1.82) is 0 Å². The van der Waals surface area contributed by atoms with Crippen LogP contribution in [0.15, 0.2) is 48.5 Å². The number of amides is 12. The van der Waals surface area contributed by atoms with Crippen LogP contribution < -0.4 is 86.7 Å². The summed E-state index contributed by atoms with van der Waals surface area (Å²) in [5.41, 5.74) is 18.5. The zero-order chi connectivity index (χ0) is 71.0. The van der Waals surface area contributed by atoms with Crippen LogP contribution in [0, 0.1) is 0 Å². The van der Waals surface area contributed by atoms with Crippen molar-refractivity contribution < 1.29 is 78.0 Å². The zero-order valence-corrected chi connectivity index (χ0v) is 54.1. The summed E-state index contributed by atoms with van der Waals surface area (Å²) >= 11 is 0. The molecule has 0 spiro atoms. The number of carbonyl (C=O) groups is 12. The van der Waals surface area contributed by atoms with Crippen molar-refractivity contribution in [3.8, 4) is 23.0 Å². The molecule has 4 rings (SSSR count). The first kappa shape index (κ1) is 80.7. The number of rotatable bonds is 39. The van der Waals surface area contributed by atoms with E-state index in [1.165, 1.54) is 28.2 Å². The smallest absolute Gasteiger partial charge is 0.255 e. The molecule has 4 aromatic rings. The average molecular weight is 1360 g/mol. The largest absolute Gasteiger partial charge is 0.506 e. The van der Waals surface area contributed by atoms with Crippen LogP contribution in [0.3, 0.4) is 0 Å². The Morgan fingerprint density at radius 3 is 0.608 bits per heavy atom. The number of phenols is 4. The van der Waals surface area contributed by atoms with Crippen LogP contribution in [0.5, 0.6) is 23.0 Å². The molecule has 4 aromatic carbocycles. The third kappa shape index (κ3) is 23.7. The predicted molar refractivity (Wildman–Crippen MR) is 359 cm³/mol. The summed E-state index contributed by atoms with van der Waals surface area (Å²) in [6.45, 7) is 0.675. The summed E-state index contributed by atoms with van der Waals surface area (Å²) in [4.78, 5) is 164. The molecule has 97 heavy (non-hydrogen) atoms. The molecule has 34 nitrogen and oxygen atoms in total. The third-order valence-electron chi connectivity index (χ3n) is 14.6. The molecule has 0 unspecified atom stereocenters. The van der Waals surface area contributed by atoms with Gasteiger partial charge in [0.1, 0.15) is 23.0 Å². The maximum Gasteiger partial charge on any atom is 0.255 e. The Kier molecular flexibility index (Phi) is 34.4. The Hall–Kier alpha value is -10.5. The summed E-state index contributed by atoms with van der Waals surface area (Å²) in [6, 6.07) is 8.86. The fourth-order valence-corrected chi connectivity index (χ4v) is 9.25. The Morgan fingerprint density at radius 1 is 0.278 bits per heavy atom. The number of hydrogen-bond donors (Lipinski definition) is 20. The van der Waals surface area contributed by atoms with Gasteiger partial charge in [0.05, 0.1) is 44.5 Å². The summed E-state index contributed by atoms with van der Waals surface area (Å²) in [7, 11) is 5.13. The third-order valence-corrected chi connectivity index (χ3v) is 14.6. The van der Waals surface area contributed by atoms with Gasteiger partial charge in [0.2, 0.25) is 0 Å². The second-order valence-electron chi connectivity index (χ2n) is 21.3.